The van der Waals surface area contributed by atoms with Crippen molar-refractivity contribution < 1.29 is 14.1 Å². The number of aromatic nitrogens is 5. The van der Waals surface area contributed by atoms with E-state index in [4.69, 9.17) is 9.26 Å². The number of nitrogens with one attached hydrogen (secondary N) is 1. The molecule has 0 saturated heterocycles. The smallest absolute Gasteiger partial charge is 0.228 e. The Morgan fingerprint density at radius 2 is 2.00 bits per heavy atom. The van der Waals surface area contributed by atoms with Crippen LogP contribution < -0.4 is 10.1 Å². The van der Waals surface area contributed by atoms with Crippen molar-refractivity contribution >= 4 is 11.6 Å². The third-order valence-electron chi connectivity index (χ3n) is 5.64. The second-order valence-electron chi connectivity index (χ2n) is 8.22. The molecule has 1 fully saturated rings. The highest BCUT2D eigenvalue weighted by Crippen LogP contribution is 2.36. The summed E-state index contributed by atoms with van der Waals surface area (Å²) in [5.74, 6) is 2.10. The highest BCUT2D eigenvalue weighted by atomic mass is 16.5. The van der Waals surface area contributed by atoms with Gasteiger partial charge in [0.2, 0.25) is 5.91 Å². The molecule has 0 spiro atoms. The lowest BCUT2D eigenvalue weighted by molar-refractivity contribution is -0.115. The van der Waals surface area contributed by atoms with E-state index in [2.05, 4.69) is 26.0 Å². The molecule has 1 amide bonds. The maximum Gasteiger partial charge on any atom is 0.228 e. The summed E-state index contributed by atoms with van der Waals surface area (Å²) in [6.45, 7) is 4.15. The molecule has 0 radical (unpaired) electrons. The van der Waals surface area contributed by atoms with Crippen molar-refractivity contribution in [2.75, 3.05) is 5.32 Å². The van der Waals surface area contributed by atoms with Gasteiger partial charge in [-0.1, -0.05) is 29.4 Å². The molecule has 2 aromatic carbocycles. The second-order valence-corrected chi connectivity index (χ2v) is 8.22. The normalized spacial score (nSPS) is 13.2. The zero-order valence-corrected chi connectivity index (χ0v) is 18.5. The summed E-state index contributed by atoms with van der Waals surface area (Å²) in [4.78, 5) is 12.6. The first-order valence-corrected chi connectivity index (χ1v) is 10.9. The van der Waals surface area contributed by atoms with Crippen LogP contribution in [0.2, 0.25) is 0 Å². The van der Waals surface area contributed by atoms with Gasteiger partial charge in [-0.15, -0.1) is 5.10 Å². The van der Waals surface area contributed by atoms with Crippen LogP contribution in [-0.2, 0) is 17.8 Å². The van der Waals surface area contributed by atoms with Gasteiger partial charge in [0.05, 0.1) is 23.7 Å². The van der Waals surface area contributed by atoms with Crippen LogP contribution in [0.15, 0.2) is 53.1 Å². The molecular formula is C24H24N6O3. The predicted octanol–water partition coefficient (Wildman–Crippen LogP) is 4.04. The van der Waals surface area contributed by atoms with Crippen LogP contribution in [0.3, 0.4) is 0 Å². The van der Waals surface area contributed by atoms with Crippen LogP contribution >= 0.6 is 0 Å². The van der Waals surface area contributed by atoms with Crippen LogP contribution in [0.25, 0.3) is 11.4 Å². The summed E-state index contributed by atoms with van der Waals surface area (Å²) in [5, 5.41) is 19.0. The first kappa shape index (κ1) is 20.9. The number of carbonyl (C=O) groups is 1. The van der Waals surface area contributed by atoms with Crippen LogP contribution in [0.4, 0.5) is 5.69 Å². The summed E-state index contributed by atoms with van der Waals surface area (Å²) in [7, 11) is 0. The van der Waals surface area contributed by atoms with Crippen molar-refractivity contribution in [2.24, 2.45) is 0 Å². The van der Waals surface area contributed by atoms with Crippen LogP contribution in [-0.4, -0.2) is 31.3 Å². The molecule has 0 atom stereocenters. The molecule has 9 nitrogen and oxygen atoms in total. The fourth-order valence-electron chi connectivity index (χ4n) is 3.64. The molecule has 4 aromatic rings. The molecule has 1 saturated carbocycles. The molecule has 2 heterocycles. The largest absolute Gasteiger partial charge is 0.489 e. The third kappa shape index (κ3) is 4.77. The molecule has 5 rings (SSSR count). The molecule has 1 aliphatic rings. The van der Waals surface area contributed by atoms with Crippen LogP contribution in [0.5, 0.6) is 5.75 Å². The number of nitrogens with zero attached hydrogens (tertiary/aromatic N) is 5. The van der Waals surface area contributed by atoms with E-state index in [1.165, 1.54) is 0 Å². The molecule has 2 aromatic heterocycles. The number of rotatable bonds is 8. The Balaban J connectivity index is 1.18. The van der Waals surface area contributed by atoms with Gasteiger partial charge in [0.25, 0.3) is 0 Å². The summed E-state index contributed by atoms with van der Waals surface area (Å²) >= 11 is 0. The van der Waals surface area contributed by atoms with E-state index in [0.29, 0.717) is 18.3 Å². The van der Waals surface area contributed by atoms with Crippen molar-refractivity contribution in [3.63, 3.8) is 0 Å². The zero-order chi connectivity index (χ0) is 22.8. The van der Waals surface area contributed by atoms with Crippen molar-refractivity contribution in [3.8, 4) is 17.1 Å². The number of anilines is 1. The number of carbonyl (C=O) groups excluding carboxylic acids is 1. The minimum atomic E-state index is -0.0988. The minimum absolute atomic E-state index is 0.0988. The Kier molecular flexibility index (Phi) is 5.60. The van der Waals surface area contributed by atoms with Gasteiger partial charge in [-0.05, 0) is 66.9 Å². The SMILES string of the molecule is Cc1noc(C)c1COc1ccc(CC(=O)Nc2cccc(-c3nnnn3C3CC3)c2)cc1. The molecule has 0 aliphatic heterocycles. The lowest BCUT2D eigenvalue weighted by Gasteiger charge is -2.09. The van der Waals surface area contributed by atoms with Gasteiger partial charge in [0.15, 0.2) is 5.82 Å². The molecule has 1 N–H and O–H groups in total. The second kappa shape index (κ2) is 8.85. The quantitative estimate of drug-likeness (QED) is 0.437. The molecule has 0 unspecified atom stereocenters. The summed E-state index contributed by atoms with van der Waals surface area (Å²) in [6, 6.07) is 15.5. The van der Waals surface area contributed by atoms with E-state index in [0.717, 1.165) is 52.6 Å². The molecule has 9 heteroatoms. The van der Waals surface area contributed by atoms with Crippen LogP contribution in [0.1, 0.15) is 41.5 Å². The maximum absolute atomic E-state index is 12.6. The first-order chi connectivity index (χ1) is 16.1. The van der Waals surface area contributed by atoms with E-state index < -0.39 is 0 Å². The van der Waals surface area contributed by atoms with Crippen LogP contribution in [0, 0.1) is 13.8 Å². The monoisotopic (exact) mass is 444 g/mol. The molecule has 168 valence electrons. The number of aryl methyl sites for hydroxylation is 2. The summed E-state index contributed by atoms with van der Waals surface area (Å²) < 4.78 is 12.8. The molecule has 33 heavy (non-hydrogen) atoms. The topological polar surface area (TPSA) is 108 Å². The standard InChI is InChI=1S/C24H24N6O3/c1-15-22(16(2)33-27-15)14-32-21-10-6-17(7-11-21)12-23(31)25-19-5-3-4-18(13-19)24-26-28-29-30(24)20-8-9-20/h3-7,10-11,13,20H,8-9,12,14H2,1-2H3,(H,25,31). The highest BCUT2D eigenvalue weighted by molar-refractivity contribution is 5.92. The van der Waals surface area contributed by atoms with E-state index in [9.17, 15) is 4.79 Å². The summed E-state index contributed by atoms with van der Waals surface area (Å²) in [6.07, 6.45) is 2.45. The van der Waals surface area contributed by atoms with Gasteiger partial charge in [-0.2, -0.15) is 0 Å². The Bertz CT molecular complexity index is 1250. The number of ether oxygens (including phenoxy) is 1. The van der Waals surface area contributed by atoms with E-state index in [1.807, 2.05) is 67.1 Å². The highest BCUT2D eigenvalue weighted by Gasteiger charge is 2.28. The number of hydrogen-bond donors (Lipinski definition) is 1. The van der Waals surface area contributed by atoms with E-state index in [-0.39, 0.29) is 12.3 Å². The Morgan fingerprint density at radius 3 is 2.73 bits per heavy atom. The first-order valence-electron chi connectivity index (χ1n) is 10.9. The van der Waals surface area contributed by atoms with E-state index in [1.54, 1.807) is 0 Å². The third-order valence-corrected chi connectivity index (χ3v) is 5.64. The fraction of sp³-hybridized carbons (Fsp3) is 0.292. The lowest BCUT2D eigenvalue weighted by atomic mass is 10.1. The average Bonchev–Trinajstić information content (AvgIpc) is 3.45. The van der Waals surface area contributed by atoms with Crippen molar-refractivity contribution in [1.29, 1.82) is 0 Å². The van der Waals surface area contributed by atoms with Gasteiger partial charge in [-0.3, -0.25) is 4.79 Å². The number of benzene rings is 2. The van der Waals surface area contributed by atoms with E-state index >= 15 is 0 Å². The molecule has 0 bridgehead atoms. The maximum atomic E-state index is 12.6. The van der Waals surface area contributed by atoms with Gasteiger partial charge in [0, 0.05) is 11.3 Å². The van der Waals surface area contributed by atoms with Gasteiger partial charge < -0.3 is 14.6 Å². The van der Waals surface area contributed by atoms with Gasteiger partial charge >= 0.3 is 0 Å². The zero-order valence-electron chi connectivity index (χ0n) is 18.5. The molecule has 1 aliphatic carbocycles. The Hall–Kier alpha value is -4.01. The lowest BCUT2D eigenvalue weighted by Crippen LogP contribution is -2.14. The van der Waals surface area contributed by atoms with Crippen molar-refractivity contribution in [1.82, 2.24) is 25.4 Å². The van der Waals surface area contributed by atoms with Crippen molar-refractivity contribution in [2.45, 2.75) is 45.8 Å². The minimum Gasteiger partial charge on any atom is -0.489 e. The Morgan fingerprint density at radius 1 is 1.18 bits per heavy atom. The number of hydrogen-bond acceptors (Lipinski definition) is 7. The fourth-order valence-corrected chi connectivity index (χ4v) is 3.64. The van der Waals surface area contributed by atoms with Gasteiger partial charge in [-0.25, -0.2) is 4.68 Å². The number of amides is 1. The number of tetrazole rings is 1. The summed E-state index contributed by atoms with van der Waals surface area (Å²) in [5.41, 5.74) is 4.26. The Labute approximate surface area is 190 Å². The predicted molar refractivity (Wildman–Crippen MR) is 121 cm³/mol. The molecular weight excluding hydrogens is 420 g/mol. The van der Waals surface area contributed by atoms with Gasteiger partial charge in [0.1, 0.15) is 18.1 Å². The average molecular weight is 444 g/mol. The van der Waals surface area contributed by atoms with Crippen molar-refractivity contribution in [3.05, 3.63) is 71.1 Å².